The molecule has 0 fully saturated rings. The fourth-order valence-electron chi connectivity index (χ4n) is 2.09. The molecule has 0 amide bonds. The average Bonchev–Trinajstić information content (AvgIpc) is 2.45. The van der Waals surface area contributed by atoms with Gasteiger partial charge in [0.25, 0.3) is 0 Å². The second-order valence-corrected chi connectivity index (χ2v) is 4.62. The molecule has 4 heteroatoms. The van der Waals surface area contributed by atoms with Crippen molar-refractivity contribution >= 4 is 5.95 Å². The van der Waals surface area contributed by atoms with Crippen LogP contribution in [-0.4, -0.2) is 16.6 Å². The Hall–Kier alpha value is -2.10. The zero-order chi connectivity index (χ0) is 14.4. The van der Waals surface area contributed by atoms with Crippen molar-refractivity contribution in [2.24, 2.45) is 0 Å². The van der Waals surface area contributed by atoms with Crippen molar-refractivity contribution in [2.45, 2.75) is 33.2 Å². The van der Waals surface area contributed by atoms with E-state index in [0.717, 1.165) is 12.1 Å². The highest BCUT2D eigenvalue weighted by molar-refractivity contribution is 5.35. The van der Waals surface area contributed by atoms with E-state index in [1.165, 1.54) is 5.56 Å². The minimum absolute atomic E-state index is 0.201. The number of nitrogens with one attached hydrogen (secondary N) is 1. The monoisotopic (exact) mass is 271 g/mol. The summed E-state index contributed by atoms with van der Waals surface area (Å²) in [6, 6.07) is 12.4. The SMILES string of the molecule is CCOc1cc(C)nc(NC(CC)c2ccccc2)n1. The van der Waals surface area contributed by atoms with Gasteiger partial charge < -0.3 is 10.1 Å². The number of rotatable bonds is 6. The van der Waals surface area contributed by atoms with Crippen molar-refractivity contribution in [3.05, 3.63) is 47.7 Å². The number of ether oxygens (including phenoxy) is 1. The van der Waals surface area contributed by atoms with Gasteiger partial charge in [-0.3, -0.25) is 0 Å². The Kier molecular flexibility index (Phi) is 4.93. The van der Waals surface area contributed by atoms with E-state index >= 15 is 0 Å². The summed E-state index contributed by atoms with van der Waals surface area (Å²) in [6.07, 6.45) is 0.964. The first-order valence-electron chi connectivity index (χ1n) is 7.03. The lowest BCUT2D eigenvalue weighted by Crippen LogP contribution is -2.13. The van der Waals surface area contributed by atoms with Gasteiger partial charge in [0.15, 0.2) is 0 Å². The molecule has 1 N–H and O–H groups in total. The smallest absolute Gasteiger partial charge is 0.226 e. The number of aromatic nitrogens is 2. The highest BCUT2D eigenvalue weighted by Gasteiger charge is 2.11. The van der Waals surface area contributed by atoms with E-state index in [4.69, 9.17) is 4.74 Å². The van der Waals surface area contributed by atoms with Gasteiger partial charge in [-0.1, -0.05) is 37.3 Å². The third-order valence-electron chi connectivity index (χ3n) is 3.04. The molecule has 4 nitrogen and oxygen atoms in total. The minimum atomic E-state index is 0.201. The van der Waals surface area contributed by atoms with Crippen LogP contribution in [0.15, 0.2) is 36.4 Å². The molecule has 1 unspecified atom stereocenters. The molecule has 106 valence electrons. The highest BCUT2D eigenvalue weighted by Crippen LogP contribution is 2.21. The Balaban J connectivity index is 2.19. The van der Waals surface area contributed by atoms with Gasteiger partial charge in [0, 0.05) is 11.8 Å². The predicted octanol–water partition coefficient (Wildman–Crippen LogP) is 3.75. The van der Waals surface area contributed by atoms with Crippen LogP contribution in [0.3, 0.4) is 0 Å². The van der Waals surface area contributed by atoms with Crippen LogP contribution in [0.1, 0.15) is 37.6 Å². The van der Waals surface area contributed by atoms with Gasteiger partial charge in [0.05, 0.1) is 12.6 Å². The predicted molar refractivity (Wildman–Crippen MR) is 81.0 cm³/mol. The third-order valence-corrected chi connectivity index (χ3v) is 3.04. The molecule has 0 bridgehead atoms. The van der Waals surface area contributed by atoms with Crippen LogP contribution in [-0.2, 0) is 0 Å². The second-order valence-electron chi connectivity index (χ2n) is 4.62. The lowest BCUT2D eigenvalue weighted by Gasteiger charge is -2.18. The molecule has 0 saturated heterocycles. The molecule has 1 heterocycles. The Morgan fingerprint density at radius 1 is 1.15 bits per heavy atom. The minimum Gasteiger partial charge on any atom is -0.478 e. The molecule has 1 atom stereocenters. The molecular weight excluding hydrogens is 250 g/mol. The van der Waals surface area contributed by atoms with Crippen LogP contribution in [0.5, 0.6) is 5.88 Å². The van der Waals surface area contributed by atoms with Crippen molar-refractivity contribution in [1.29, 1.82) is 0 Å². The van der Waals surface area contributed by atoms with Gasteiger partial charge in [-0.25, -0.2) is 4.98 Å². The van der Waals surface area contributed by atoms with Gasteiger partial charge in [0.1, 0.15) is 0 Å². The van der Waals surface area contributed by atoms with Crippen molar-refractivity contribution in [3.8, 4) is 5.88 Å². The van der Waals surface area contributed by atoms with Gasteiger partial charge in [-0.15, -0.1) is 0 Å². The van der Waals surface area contributed by atoms with Crippen molar-refractivity contribution in [2.75, 3.05) is 11.9 Å². The van der Waals surface area contributed by atoms with E-state index in [2.05, 4.69) is 34.3 Å². The van der Waals surface area contributed by atoms with Crippen LogP contribution in [0.25, 0.3) is 0 Å². The number of benzene rings is 1. The van der Waals surface area contributed by atoms with E-state index in [9.17, 15) is 0 Å². The maximum atomic E-state index is 5.46. The van der Waals surface area contributed by atoms with Gasteiger partial charge in [-0.2, -0.15) is 4.98 Å². The zero-order valence-electron chi connectivity index (χ0n) is 12.3. The standard InChI is InChI=1S/C16H21N3O/c1-4-14(13-9-7-6-8-10-13)18-16-17-12(3)11-15(19-16)20-5-2/h6-11,14H,4-5H2,1-3H3,(H,17,18,19). The number of hydrogen-bond donors (Lipinski definition) is 1. The highest BCUT2D eigenvalue weighted by atomic mass is 16.5. The molecular formula is C16H21N3O. The molecule has 0 saturated carbocycles. The Morgan fingerprint density at radius 2 is 1.90 bits per heavy atom. The number of anilines is 1. The topological polar surface area (TPSA) is 47.0 Å². The van der Waals surface area contributed by atoms with E-state index in [1.807, 2.05) is 38.1 Å². The molecule has 0 aliphatic rings. The van der Waals surface area contributed by atoms with E-state index in [-0.39, 0.29) is 6.04 Å². The second kappa shape index (κ2) is 6.89. The van der Waals surface area contributed by atoms with Gasteiger partial charge >= 0.3 is 0 Å². The first kappa shape index (κ1) is 14.3. The average molecular weight is 271 g/mol. The van der Waals surface area contributed by atoms with Crippen LogP contribution in [0, 0.1) is 6.92 Å². The molecule has 0 aliphatic carbocycles. The van der Waals surface area contributed by atoms with Crippen LogP contribution >= 0.6 is 0 Å². The molecule has 0 spiro atoms. The summed E-state index contributed by atoms with van der Waals surface area (Å²) in [5.74, 6) is 1.23. The van der Waals surface area contributed by atoms with Crippen molar-refractivity contribution in [3.63, 3.8) is 0 Å². The summed E-state index contributed by atoms with van der Waals surface area (Å²) in [6.45, 7) is 6.64. The van der Waals surface area contributed by atoms with Gasteiger partial charge in [-0.05, 0) is 25.8 Å². The Bertz CT molecular complexity index is 543. The quantitative estimate of drug-likeness (QED) is 0.869. The summed E-state index contributed by atoms with van der Waals surface area (Å²) in [5, 5.41) is 3.38. The lowest BCUT2D eigenvalue weighted by molar-refractivity contribution is 0.326. The van der Waals surface area contributed by atoms with E-state index in [1.54, 1.807) is 0 Å². The normalized spacial score (nSPS) is 11.9. The Labute approximate surface area is 120 Å². The van der Waals surface area contributed by atoms with Crippen LogP contribution < -0.4 is 10.1 Å². The summed E-state index contributed by atoms with van der Waals surface area (Å²) < 4.78 is 5.46. The Morgan fingerprint density at radius 3 is 2.55 bits per heavy atom. The molecule has 2 aromatic rings. The zero-order valence-corrected chi connectivity index (χ0v) is 12.3. The maximum absolute atomic E-state index is 5.46. The fourth-order valence-corrected chi connectivity index (χ4v) is 2.09. The van der Waals surface area contributed by atoms with Crippen LogP contribution in [0.2, 0.25) is 0 Å². The van der Waals surface area contributed by atoms with E-state index in [0.29, 0.717) is 18.4 Å². The van der Waals surface area contributed by atoms with Crippen LogP contribution in [0.4, 0.5) is 5.95 Å². The third kappa shape index (κ3) is 3.70. The number of aryl methyl sites for hydroxylation is 1. The number of nitrogens with zero attached hydrogens (tertiary/aromatic N) is 2. The van der Waals surface area contributed by atoms with Crippen molar-refractivity contribution in [1.82, 2.24) is 9.97 Å². The summed E-state index contributed by atoms with van der Waals surface area (Å²) >= 11 is 0. The summed E-state index contributed by atoms with van der Waals surface area (Å²) in [5.41, 5.74) is 2.13. The largest absolute Gasteiger partial charge is 0.478 e. The number of hydrogen-bond acceptors (Lipinski definition) is 4. The molecule has 1 aromatic heterocycles. The molecule has 0 radical (unpaired) electrons. The van der Waals surface area contributed by atoms with Gasteiger partial charge in [0.2, 0.25) is 11.8 Å². The molecule has 0 aliphatic heterocycles. The first-order chi connectivity index (χ1) is 9.72. The summed E-state index contributed by atoms with van der Waals surface area (Å²) in [4.78, 5) is 8.82. The molecule has 20 heavy (non-hydrogen) atoms. The first-order valence-corrected chi connectivity index (χ1v) is 7.03. The summed E-state index contributed by atoms with van der Waals surface area (Å²) in [7, 11) is 0. The maximum Gasteiger partial charge on any atom is 0.226 e. The molecule has 2 rings (SSSR count). The lowest BCUT2D eigenvalue weighted by atomic mass is 10.1. The van der Waals surface area contributed by atoms with E-state index < -0.39 is 0 Å². The molecule has 1 aromatic carbocycles. The van der Waals surface area contributed by atoms with Crippen molar-refractivity contribution < 1.29 is 4.74 Å². The fraction of sp³-hybridized carbons (Fsp3) is 0.375.